The maximum absolute atomic E-state index is 13.3. The average molecular weight is 446 g/mol. The number of rotatable bonds is 5. The Morgan fingerprint density at radius 1 is 1.24 bits per heavy atom. The number of amides is 1. The van der Waals surface area contributed by atoms with Gasteiger partial charge in [-0.1, -0.05) is 25.3 Å². The van der Waals surface area contributed by atoms with Gasteiger partial charge in [-0.15, -0.1) is 0 Å². The SMILES string of the molecule is Cc1cccn2c(=O)c(C=C(C#N)C(=O)NC3CCCCC3)c(Oc3ccc(F)cc3)nc12. The number of halogens is 1. The van der Waals surface area contributed by atoms with E-state index < -0.39 is 17.3 Å². The van der Waals surface area contributed by atoms with Crippen LogP contribution in [0.5, 0.6) is 11.6 Å². The number of carbonyl (C=O) groups excluding carboxylic acids is 1. The van der Waals surface area contributed by atoms with Gasteiger partial charge in [-0.3, -0.25) is 14.0 Å². The van der Waals surface area contributed by atoms with Crippen LogP contribution in [0.1, 0.15) is 43.2 Å². The summed E-state index contributed by atoms with van der Waals surface area (Å²) in [4.78, 5) is 30.6. The normalized spacial score (nSPS) is 14.6. The first-order valence-corrected chi connectivity index (χ1v) is 10.8. The van der Waals surface area contributed by atoms with Gasteiger partial charge in [-0.05, 0) is 61.7 Å². The standard InChI is InChI=1S/C25H23FN4O3/c1-16-6-5-13-30-22(16)29-24(33-20-11-9-18(26)10-12-20)21(25(30)32)14-17(15-27)23(31)28-19-7-3-2-4-8-19/h5-6,9-14,19H,2-4,7-8H2,1H3,(H,28,31). The molecule has 0 unspecified atom stereocenters. The van der Waals surface area contributed by atoms with Crippen molar-refractivity contribution < 1.29 is 13.9 Å². The van der Waals surface area contributed by atoms with Crippen molar-refractivity contribution in [2.75, 3.05) is 0 Å². The molecule has 33 heavy (non-hydrogen) atoms. The van der Waals surface area contributed by atoms with Gasteiger partial charge in [0.2, 0.25) is 5.88 Å². The molecule has 1 aromatic carbocycles. The van der Waals surface area contributed by atoms with Crippen LogP contribution in [0.4, 0.5) is 4.39 Å². The summed E-state index contributed by atoms with van der Waals surface area (Å²) in [7, 11) is 0. The zero-order valence-corrected chi connectivity index (χ0v) is 18.2. The Morgan fingerprint density at radius 3 is 2.67 bits per heavy atom. The Balaban J connectivity index is 1.79. The van der Waals surface area contributed by atoms with Gasteiger partial charge < -0.3 is 10.1 Å². The van der Waals surface area contributed by atoms with E-state index in [1.165, 1.54) is 34.7 Å². The first-order chi connectivity index (χ1) is 16.0. The number of nitrogens with zero attached hydrogens (tertiary/aromatic N) is 3. The molecule has 1 amide bonds. The molecule has 1 N–H and O–H groups in total. The first-order valence-electron chi connectivity index (χ1n) is 10.8. The van der Waals surface area contributed by atoms with Crippen molar-refractivity contribution in [1.29, 1.82) is 5.26 Å². The highest BCUT2D eigenvalue weighted by Crippen LogP contribution is 2.25. The minimum absolute atomic E-state index is 0.0106. The Hall–Kier alpha value is -3.99. The second-order valence-corrected chi connectivity index (χ2v) is 8.05. The third-order valence-corrected chi connectivity index (χ3v) is 5.67. The van der Waals surface area contributed by atoms with Crippen LogP contribution in [-0.4, -0.2) is 21.3 Å². The zero-order valence-electron chi connectivity index (χ0n) is 18.2. The molecule has 0 saturated heterocycles. The number of ether oxygens (including phenoxy) is 1. The highest BCUT2D eigenvalue weighted by atomic mass is 19.1. The topological polar surface area (TPSA) is 96.5 Å². The predicted octanol–water partition coefficient (Wildman–Crippen LogP) is 4.29. The summed E-state index contributed by atoms with van der Waals surface area (Å²) in [5.41, 5.74) is 0.374. The van der Waals surface area contributed by atoms with Crippen LogP contribution in [0.2, 0.25) is 0 Å². The van der Waals surface area contributed by atoms with Crippen molar-refractivity contribution in [3.8, 4) is 17.7 Å². The molecular weight excluding hydrogens is 423 g/mol. The quantitative estimate of drug-likeness (QED) is 0.466. The largest absolute Gasteiger partial charge is 0.438 e. The number of benzene rings is 1. The summed E-state index contributed by atoms with van der Waals surface area (Å²) < 4.78 is 20.5. The Kier molecular flexibility index (Phi) is 6.50. The molecule has 1 aliphatic carbocycles. The molecule has 4 rings (SSSR count). The van der Waals surface area contributed by atoms with Gasteiger partial charge in [0.25, 0.3) is 11.5 Å². The van der Waals surface area contributed by atoms with Gasteiger partial charge in [-0.25, -0.2) is 4.39 Å². The minimum atomic E-state index is -0.536. The summed E-state index contributed by atoms with van der Waals surface area (Å²) in [5, 5.41) is 12.5. The molecule has 2 heterocycles. The van der Waals surface area contributed by atoms with Gasteiger partial charge in [0.05, 0.1) is 0 Å². The number of aromatic nitrogens is 2. The number of hydrogen-bond acceptors (Lipinski definition) is 5. The average Bonchev–Trinajstić information content (AvgIpc) is 2.82. The smallest absolute Gasteiger partial charge is 0.269 e. The number of carbonyl (C=O) groups is 1. The van der Waals surface area contributed by atoms with E-state index in [4.69, 9.17) is 4.74 Å². The highest BCUT2D eigenvalue weighted by Gasteiger charge is 2.21. The molecule has 3 aromatic rings. The van der Waals surface area contributed by atoms with Crippen LogP contribution in [0, 0.1) is 24.1 Å². The second-order valence-electron chi connectivity index (χ2n) is 8.05. The minimum Gasteiger partial charge on any atom is -0.438 e. The maximum atomic E-state index is 13.3. The molecule has 0 radical (unpaired) electrons. The van der Waals surface area contributed by atoms with E-state index in [2.05, 4.69) is 10.3 Å². The lowest BCUT2D eigenvalue weighted by Crippen LogP contribution is -2.36. The van der Waals surface area contributed by atoms with Gasteiger partial charge in [0.15, 0.2) is 0 Å². The van der Waals surface area contributed by atoms with E-state index in [1.54, 1.807) is 25.3 Å². The van der Waals surface area contributed by atoms with E-state index in [0.717, 1.165) is 37.7 Å². The Labute approximate surface area is 190 Å². The number of aryl methyl sites for hydroxylation is 1. The van der Waals surface area contributed by atoms with Crippen molar-refractivity contribution in [1.82, 2.24) is 14.7 Å². The maximum Gasteiger partial charge on any atom is 0.269 e. The van der Waals surface area contributed by atoms with Crippen LogP contribution < -0.4 is 15.6 Å². The van der Waals surface area contributed by atoms with Crippen molar-refractivity contribution in [3.63, 3.8) is 0 Å². The molecule has 0 bridgehead atoms. The van der Waals surface area contributed by atoms with E-state index in [-0.39, 0.29) is 28.8 Å². The lowest BCUT2D eigenvalue weighted by molar-refractivity contribution is -0.117. The third-order valence-electron chi connectivity index (χ3n) is 5.67. The molecule has 168 valence electrons. The summed E-state index contributed by atoms with van der Waals surface area (Å²) in [6, 6.07) is 10.7. The molecule has 1 aliphatic rings. The lowest BCUT2D eigenvalue weighted by atomic mass is 9.95. The predicted molar refractivity (Wildman–Crippen MR) is 121 cm³/mol. The zero-order chi connectivity index (χ0) is 23.4. The highest BCUT2D eigenvalue weighted by molar-refractivity contribution is 6.02. The van der Waals surface area contributed by atoms with Crippen molar-refractivity contribution in [2.24, 2.45) is 0 Å². The first kappa shape index (κ1) is 22.2. The second kappa shape index (κ2) is 9.65. The number of fused-ring (bicyclic) bond motifs is 1. The van der Waals surface area contributed by atoms with Crippen molar-refractivity contribution in [3.05, 3.63) is 75.5 Å². The van der Waals surface area contributed by atoms with Gasteiger partial charge in [0, 0.05) is 12.2 Å². The number of hydrogen-bond donors (Lipinski definition) is 1. The van der Waals surface area contributed by atoms with Crippen LogP contribution in [-0.2, 0) is 4.79 Å². The molecule has 1 fully saturated rings. The van der Waals surface area contributed by atoms with Gasteiger partial charge in [0.1, 0.15) is 34.4 Å². The van der Waals surface area contributed by atoms with Crippen LogP contribution in [0.3, 0.4) is 0 Å². The van der Waals surface area contributed by atoms with E-state index in [1.807, 2.05) is 6.07 Å². The molecule has 1 saturated carbocycles. The summed E-state index contributed by atoms with van der Waals surface area (Å²) in [6.07, 6.45) is 7.69. The van der Waals surface area contributed by atoms with E-state index in [9.17, 15) is 19.2 Å². The number of pyridine rings is 1. The van der Waals surface area contributed by atoms with Crippen LogP contribution in [0.15, 0.2) is 53.0 Å². The molecule has 2 aromatic heterocycles. The van der Waals surface area contributed by atoms with Gasteiger partial charge >= 0.3 is 0 Å². The molecular formula is C25H23FN4O3. The monoisotopic (exact) mass is 446 g/mol. The molecule has 7 nitrogen and oxygen atoms in total. The van der Waals surface area contributed by atoms with E-state index >= 15 is 0 Å². The molecule has 0 aliphatic heterocycles. The fourth-order valence-electron chi connectivity index (χ4n) is 3.91. The van der Waals surface area contributed by atoms with Crippen molar-refractivity contribution >= 4 is 17.6 Å². The Morgan fingerprint density at radius 2 is 1.97 bits per heavy atom. The van der Waals surface area contributed by atoms with Crippen LogP contribution in [0.25, 0.3) is 11.7 Å². The number of nitrogens with one attached hydrogen (secondary N) is 1. The van der Waals surface area contributed by atoms with Gasteiger partial charge in [-0.2, -0.15) is 10.2 Å². The van der Waals surface area contributed by atoms with Crippen molar-refractivity contribution in [2.45, 2.75) is 45.1 Å². The lowest BCUT2D eigenvalue weighted by Gasteiger charge is -2.22. The third kappa shape index (κ3) is 4.93. The summed E-state index contributed by atoms with van der Waals surface area (Å²) >= 11 is 0. The summed E-state index contributed by atoms with van der Waals surface area (Å²) in [5.74, 6) is -0.776. The molecule has 8 heteroatoms. The fraction of sp³-hybridized carbons (Fsp3) is 0.280. The van der Waals surface area contributed by atoms with E-state index in [0.29, 0.717) is 5.65 Å². The number of nitriles is 1. The molecule has 0 spiro atoms. The van der Waals surface area contributed by atoms with Crippen LogP contribution >= 0.6 is 0 Å². The summed E-state index contributed by atoms with van der Waals surface area (Å²) in [6.45, 7) is 1.80. The fourth-order valence-corrected chi connectivity index (χ4v) is 3.91. The molecule has 0 atom stereocenters. The Bertz CT molecular complexity index is 1320.